The van der Waals surface area contributed by atoms with Gasteiger partial charge in [-0.15, -0.1) is 0 Å². The molecule has 1 aromatic heterocycles. The van der Waals surface area contributed by atoms with Crippen LogP contribution in [0.3, 0.4) is 0 Å². The van der Waals surface area contributed by atoms with Gasteiger partial charge < -0.3 is 4.90 Å². The molecule has 2 aromatic rings. The molecular formula is C15H12N2O. The summed E-state index contributed by atoms with van der Waals surface area (Å²) in [6, 6.07) is 8.25. The Hall–Kier alpha value is -2.29. The molecule has 1 aromatic carbocycles. The largest absolute Gasteiger partial charge is 0.368 e. The van der Waals surface area contributed by atoms with Crippen LogP contribution in [0.4, 0.5) is 0 Å². The number of allylic oxidation sites excluding steroid dienone is 1. The minimum absolute atomic E-state index is 0.0485. The van der Waals surface area contributed by atoms with Gasteiger partial charge in [-0.05, 0) is 12.1 Å². The van der Waals surface area contributed by atoms with Gasteiger partial charge in [0.1, 0.15) is 0 Å². The van der Waals surface area contributed by atoms with Gasteiger partial charge in [0.2, 0.25) is 0 Å². The predicted molar refractivity (Wildman–Crippen MR) is 71.2 cm³/mol. The second-order valence-corrected chi connectivity index (χ2v) is 4.77. The zero-order chi connectivity index (χ0) is 12.3. The van der Waals surface area contributed by atoms with E-state index in [1.807, 2.05) is 35.9 Å². The van der Waals surface area contributed by atoms with E-state index in [4.69, 9.17) is 0 Å². The van der Waals surface area contributed by atoms with Crippen LogP contribution in [0.25, 0.3) is 17.0 Å². The minimum atomic E-state index is 0.0485. The fourth-order valence-corrected chi connectivity index (χ4v) is 2.94. The number of hydrogen-bond acceptors (Lipinski definition) is 2. The molecule has 1 unspecified atom stereocenters. The van der Waals surface area contributed by atoms with Gasteiger partial charge in [-0.25, -0.2) is 0 Å². The molecule has 0 saturated carbocycles. The van der Waals surface area contributed by atoms with Crippen LogP contribution in [0.15, 0.2) is 42.6 Å². The third-order valence-electron chi connectivity index (χ3n) is 3.79. The van der Waals surface area contributed by atoms with Crippen molar-refractivity contribution in [1.82, 2.24) is 9.47 Å². The van der Waals surface area contributed by atoms with Gasteiger partial charge >= 0.3 is 0 Å². The van der Waals surface area contributed by atoms with Gasteiger partial charge in [0.05, 0.1) is 17.3 Å². The number of hydrogen-bond donors (Lipinski definition) is 0. The molecule has 2 aliphatic rings. The smallest absolute Gasteiger partial charge is 0.255 e. The summed E-state index contributed by atoms with van der Waals surface area (Å²) in [6.07, 6.45) is 7.81. The topological polar surface area (TPSA) is 25.2 Å². The zero-order valence-electron chi connectivity index (χ0n) is 10.00. The first-order valence-corrected chi connectivity index (χ1v) is 6.03. The lowest BCUT2D eigenvalue weighted by Crippen LogP contribution is -2.28. The second kappa shape index (κ2) is 3.13. The number of para-hydroxylation sites is 1. The van der Waals surface area contributed by atoms with Crippen LogP contribution in [-0.4, -0.2) is 22.4 Å². The van der Waals surface area contributed by atoms with Gasteiger partial charge in [-0.2, -0.15) is 0 Å². The van der Waals surface area contributed by atoms with Crippen molar-refractivity contribution >= 4 is 22.9 Å². The molecule has 0 aliphatic carbocycles. The van der Waals surface area contributed by atoms with E-state index >= 15 is 0 Å². The Labute approximate surface area is 105 Å². The van der Waals surface area contributed by atoms with Gasteiger partial charge in [0.25, 0.3) is 5.91 Å². The van der Waals surface area contributed by atoms with Crippen molar-refractivity contribution in [3.63, 3.8) is 0 Å². The fourth-order valence-electron chi connectivity index (χ4n) is 2.94. The van der Waals surface area contributed by atoms with E-state index in [0.29, 0.717) is 0 Å². The monoisotopic (exact) mass is 236 g/mol. The first-order valence-electron chi connectivity index (χ1n) is 6.03. The highest BCUT2D eigenvalue weighted by molar-refractivity contribution is 6.04. The van der Waals surface area contributed by atoms with E-state index in [0.717, 1.165) is 16.6 Å². The lowest BCUT2D eigenvalue weighted by Gasteiger charge is -2.31. The molecule has 2 aliphatic heterocycles. The van der Waals surface area contributed by atoms with Crippen molar-refractivity contribution in [3.8, 4) is 0 Å². The Morgan fingerprint density at radius 3 is 2.89 bits per heavy atom. The van der Waals surface area contributed by atoms with Gasteiger partial charge in [0.15, 0.2) is 0 Å². The molecule has 0 N–H and O–H groups in total. The SMILES string of the molecule is CN1C=Cc2c3n(c4ccccc24)C(=O)C=CC31. The summed E-state index contributed by atoms with van der Waals surface area (Å²) in [6.45, 7) is 0. The summed E-state index contributed by atoms with van der Waals surface area (Å²) < 4.78 is 1.84. The summed E-state index contributed by atoms with van der Waals surface area (Å²) >= 11 is 0. The molecule has 3 nitrogen and oxygen atoms in total. The van der Waals surface area contributed by atoms with Crippen molar-refractivity contribution in [1.29, 1.82) is 0 Å². The molecule has 4 rings (SSSR count). The fraction of sp³-hybridized carbons (Fsp3) is 0.133. The van der Waals surface area contributed by atoms with Crippen LogP contribution in [0.2, 0.25) is 0 Å². The second-order valence-electron chi connectivity index (χ2n) is 4.77. The van der Waals surface area contributed by atoms with Crippen LogP contribution < -0.4 is 0 Å². The third kappa shape index (κ3) is 1.02. The molecule has 0 amide bonds. The summed E-state index contributed by atoms with van der Waals surface area (Å²) in [5.74, 6) is 0.0485. The summed E-state index contributed by atoms with van der Waals surface area (Å²) in [4.78, 5) is 14.3. The van der Waals surface area contributed by atoms with Crippen molar-refractivity contribution in [3.05, 3.63) is 53.9 Å². The highest BCUT2D eigenvalue weighted by Crippen LogP contribution is 2.39. The molecule has 18 heavy (non-hydrogen) atoms. The average molecular weight is 236 g/mol. The van der Waals surface area contributed by atoms with Crippen LogP contribution >= 0.6 is 0 Å². The molecule has 0 spiro atoms. The number of likely N-dealkylation sites (N-methyl/N-ethyl adjacent to an activating group) is 1. The van der Waals surface area contributed by atoms with E-state index in [9.17, 15) is 4.79 Å². The maximum absolute atomic E-state index is 12.1. The Morgan fingerprint density at radius 1 is 1.17 bits per heavy atom. The number of rotatable bonds is 0. The number of carbonyl (C=O) groups excluding carboxylic acids is 1. The van der Waals surface area contributed by atoms with Gasteiger partial charge in [0, 0.05) is 30.3 Å². The highest BCUT2D eigenvalue weighted by Gasteiger charge is 2.30. The molecule has 0 fully saturated rings. The molecule has 1 atom stereocenters. The van der Waals surface area contributed by atoms with Crippen LogP contribution in [0, 0.1) is 0 Å². The number of carbonyl (C=O) groups is 1. The molecular weight excluding hydrogens is 224 g/mol. The van der Waals surface area contributed by atoms with Crippen LogP contribution in [0.1, 0.15) is 22.1 Å². The normalized spacial score (nSPS) is 20.6. The van der Waals surface area contributed by atoms with Gasteiger partial charge in [-0.3, -0.25) is 9.36 Å². The third-order valence-corrected chi connectivity index (χ3v) is 3.79. The number of benzene rings is 1. The van der Waals surface area contributed by atoms with E-state index in [-0.39, 0.29) is 11.9 Å². The Balaban J connectivity index is 2.20. The zero-order valence-corrected chi connectivity index (χ0v) is 10.00. The van der Waals surface area contributed by atoms with Crippen molar-refractivity contribution in [2.75, 3.05) is 7.05 Å². The molecule has 0 saturated heterocycles. The van der Waals surface area contributed by atoms with Crippen molar-refractivity contribution < 1.29 is 4.79 Å². The average Bonchev–Trinajstić information content (AvgIpc) is 2.72. The maximum Gasteiger partial charge on any atom is 0.255 e. The molecule has 3 heterocycles. The lowest BCUT2D eigenvalue weighted by atomic mass is 10.0. The quantitative estimate of drug-likeness (QED) is 0.702. The first kappa shape index (κ1) is 9.71. The van der Waals surface area contributed by atoms with E-state index < -0.39 is 0 Å². The molecule has 0 radical (unpaired) electrons. The van der Waals surface area contributed by atoms with Crippen molar-refractivity contribution in [2.24, 2.45) is 0 Å². The van der Waals surface area contributed by atoms with E-state index in [2.05, 4.69) is 23.2 Å². The molecule has 3 heteroatoms. The van der Waals surface area contributed by atoms with Gasteiger partial charge in [-0.1, -0.05) is 24.3 Å². The number of aromatic nitrogens is 1. The van der Waals surface area contributed by atoms with Crippen LogP contribution in [0.5, 0.6) is 0 Å². The number of nitrogens with zero attached hydrogens (tertiary/aromatic N) is 2. The maximum atomic E-state index is 12.1. The van der Waals surface area contributed by atoms with E-state index in [1.54, 1.807) is 6.08 Å². The predicted octanol–water partition coefficient (Wildman–Crippen LogP) is 2.81. The summed E-state index contributed by atoms with van der Waals surface area (Å²) in [7, 11) is 2.03. The molecule has 0 bridgehead atoms. The Kier molecular flexibility index (Phi) is 1.69. The lowest BCUT2D eigenvalue weighted by molar-refractivity contribution is 0.0960. The standard InChI is InChI=1S/C15H12N2O/c1-16-9-8-11-10-4-2-3-5-12(10)17-14(18)7-6-13(16)15(11)17/h2-9,13H,1H3. The Morgan fingerprint density at radius 2 is 2.00 bits per heavy atom. The van der Waals surface area contributed by atoms with E-state index in [1.165, 1.54) is 5.56 Å². The molecule has 88 valence electrons. The highest BCUT2D eigenvalue weighted by atomic mass is 16.2. The Bertz CT molecular complexity index is 736. The number of fused-ring (bicyclic) bond motifs is 3. The van der Waals surface area contributed by atoms with Crippen molar-refractivity contribution in [2.45, 2.75) is 6.04 Å². The minimum Gasteiger partial charge on any atom is -0.368 e. The summed E-state index contributed by atoms with van der Waals surface area (Å²) in [5.41, 5.74) is 3.27. The van der Waals surface area contributed by atoms with Crippen LogP contribution in [-0.2, 0) is 0 Å². The first-order chi connectivity index (χ1) is 8.77. The summed E-state index contributed by atoms with van der Waals surface area (Å²) in [5, 5.41) is 1.15.